The number of imide groups is 1. The number of likely N-dealkylation sites (tertiary alicyclic amines) is 1. The van der Waals surface area contributed by atoms with Crippen LogP contribution in [-0.4, -0.2) is 72.7 Å². The van der Waals surface area contributed by atoms with Gasteiger partial charge in [0.05, 0.1) is 0 Å². The molecule has 1 aliphatic carbocycles. The number of amides is 4. The Bertz CT molecular complexity index is 1160. The van der Waals surface area contributed by atoms with Gasteiger partial charge in [-0.05, 0) is 75.6 Å². The van der Waals surface area contributed by atoms with Crippen LogP contribution in [0.1, 0.15) is 80.8 Å². The Morgan fingerprint density at radius 1 is 1.07 bits per heavy atom. The second-order valence-electron chi connectivity index (χ2n) is 14.0. The van der Waals surface area contributed by atoms with Gasteiger partial charge in [-0.25, -0.2) is 4.79 Å². The van der Waals surface area contributed by atoms with Gasteiger partial charge in [-0.15, -0.1) is 0 Å². The van der Waals surface area contributed by atoms with Crippen LogP contribution in [0, 0.1) is 5.92 Å². The molecule has 2 aliphatic heterocycles. The molecule has 3 aliphatic rings. The van der Waals surface area contributed by atoms with Gasteiger partial charge in [0.2, 0.25) is 5.91 Å². The maximum atomic E-state index is 13.4. The van der Waals surface area contributed by atoms with E-state index in [1.54, 1.807) is 4.90 Å². The molecule has 0 spiro atoms. The van der Waals surface area contributed by atoms with Gasteiger partial charge in [0.15, 0.2) is 0 Å². The standard InChI is InChI=1S/C31H47N3O6Si/c1-31(2,3)40-30(38)32-25-10-8-7-9-22(25)17-21-11-12-24-23(18-21)19-33(28(24)36)26-13-14-27(35)34(29(26)37)20-39-15-16-41(4,5)6/h11-12,18,22,25-26H,7-10,13-17,19-20H2,1-6H3,(H,32,38)/t22-,25+,26?/m1/s1. The average molecular weight is 586 g/mol. The molecule has 1 unspecified atom stereocenters. The number of hydrogen-bond donors (Lipinski definition) is 1. The van der Waals surface area contributed by atoms with Crippen LogP contribution in [0.5, 0.6) is 0 Å². The van der Waals surface area contributed by atoms with Crippen LogP contribution < -0.4 is 5.32 Å². The van der Waals surface area contributed by atoms with Gasteiger partial charge in [0, 0.05) is 39.3 Å². The minimum absolute atomic E-state index is 0.0429. The van der Waals surface area contributed by atoms with Crippen LogP contribution in [-0.2, 0) is 32.0 Å². The van der Waals surface area contributed by atoms with Gasteiger partial charge in [-0.1, -0.05) is 44.6 Å². The van der Waals surface area contributed by atoms with Gasteiger partial charge in [-0.2, -0.15) is 0 Å². The second-order valence-corrected chi connectivity index (χ2v) is 19.6. The Hall–Kier alpha value is -2.72. The molecule has 1 N–H and O–H groups in total. The first-order valence-corrected chi connectivity index (χ1v) is 18.8. The number of alkyl carbamates (subject to hydrolysis) is 1. The molecular weight excluding hydrogens is 538 g/mol. The molecule has 4 rings (SSSR count). The van der Waals surface area contributed by atoms with Crippen molar-refractivity contribution < 1.29 is 28.7 Å². The predicted octanol–water partition coefficient (Wildman–Crippen LogP) is 5.10. The van der Waals surface area contributed by atoms with Crippen molar-refractivity contribution >= 4 is 31.9 Å². The molecule has 1 aromatic rings. The highest BCUT2D eigenvalue weighted by Gasteiger charge is 2.43. The van der Waals surface area contributed by atoms with Crippen LogP contribution in [0.4, 0.5) is 4.79 Å². The highest BCUT2D eigenvalue weighted by atomic mass is 28.3. The molecule has 1 saturated carbocycles. The van der Waals surface area contributed by atoms with E-state index >= 15 is 0 Å². The molecule has 1 saturated heterocycles. The van der Waals surface area contributed by atoms with Crippen molar-refractivity contribution in [3.05, 3.63) is 34.9 Å². The maximum Gasteiger partial charge on any atom is 0.407 e. The number of piperidine rings is 1. The van der Waals surface area contributed by atoms with E-state index in [2.05, 4.69) is 31.0 Å². The minimum Gasteiger partial charge on any atom is -0.444 e. The molecule has 9 nitrogen and oxygen atoms in total. The monoisotopic (exact) mass is 585 g/mol. The Labute approximate surface area is 245 Å². The molecule has 3 atom stereocenters. The van der Waals surface area contributed by atoms with E-state index in [0.29, 0.717) is 25.1 Å². The van der Waals surface area contributed by atoms with Crippen molar-refractivity contribution in [2.75, 3.05) is 13.3 Å². The third-order valence-electron chi connectivity index (χ3n) is 8.19. The zero-order valence-corrected chi connectivity index (χ0v) is 26.6. The molecule has 10 heteroatoms. The fraction of sp³-hybridized carbons (Fsp3) is 0.677. The van der Waals surface area contributed by atoms with Crippen LogP contribution in [0.3, 0.4) is 0 Å². The van der Waals surface area contributed by atoms with Gasteiger partial charge in [0.25, 0.3) is 11.8 Å². The van der Waals surface area contributed by atoms with Crippen molar-refractivity contribution in [1.29, 1.82) is 0 Å². The molecule has 226 valence electrons. The number of carbonyl (C=O) groups excluding carboxylic acids is 4. The molecule has 41 heavy (non-hydrogen) atoms. The summed E-state index contributed by atoms with van der Waals surface area (Å²) >= 11 is 0. The van der Waals surface area contributed by atoms with Crippen molar-refractivity contribution in [2.24, 2.45) is 5.92 Å². The molecule has 2 fully saturated rings. The van der Waals surface area contributed by atoms with Gasteiger partial charge in [0.1, 0.15) is 18.4 Å². The summed E-state index contributed by atoms with van der Waals surface area (Å²) in [5.74, 6) is -0.481. The predicted molar refractivity (Wildman–Crippen MR) is 159 cm³/mol. The topological polar surface area (TPSA) is 105 Å². The summed E-state index contributed by atoms with van der Waals surface area (Å²) in [6.07, 6.45) is 5.09. The Balaban J connectivity index is 1.39. The van der Waals surface area contributed by atoms with E-state index in [0.717, 1.165) is 49.3 Å². The third kappa shape index (κ3) is 8.19. The molecule has 0 radical (unpaired) electrons. The summed E-state index contributed by atoms with van der Waals surface area (Å²) in [5, 5.41) is 3.09. The molecule has 0 bridgehead atoms. The van der Waals surface area contributed by atoms with Crippen LogP contribution in [0.15, 0.2) is 18.2 Å². The fourth-order valence-corrected chi connectivity index (χ4v) is 6.72. The first-order valence-electron chi connectivity index (χ1n) is 15.1. The summed E-state index contributed by atoms with van der Waals surface area (Å²) in [6, 6.07) is 6.25. The normalized spacial score (nSPS) is 23.6. The summed E-state index contributed by atoms with van der Waals surface area (Å²) in [4.78, 5) is 54.5. The number of nitrogens with one attached hydrogen (secondary N) is 1. The van der Waals surface area contributed by atoms with Gasteiger partial charge < -0.3 is 19.7 Å². The Morgan fingerprint density at radius 2 is 1.80 bits per heavy atom. The largest absolute Gasteiger partial charge is 0.444 e. The minimum atomic E-state index is -1.29. The van der Waals surface area contributed by atoms with Crippen molar-refractivity contribution in [3.8, 4) is 0 Å². The molecule has 1 aromatic carbocycles. The highest BCUT2D eigenvalue weighted by molar-refractivity contribution is 6.76. The number of nitrogens with zero attached hydrogens (tertiary/aromatic N) is 2. The van der Waals surface area contributed by atoms with E-state index < -0.39 is 19.7 Å². The Morgan fingerprint density at radius 3 is 2.51 bits per heavy atom. The Kier molecular flexibility index (Phi) is 9.63. The summed E-state index contributed by atoms with van der Waals surface area (Å²) in [5.41, 5.74) is 2.09. The summed E-state index contributed by atoms with van der Waals surface area (Å²) in [6.45, 7) is 13.1. The first kappa shape index (κ1) is 31.2. The van der Waals surface area contributed by atoms with Crippen molar-refractivity contribution in [3.63, 3.8) is 0 Å². The molecule has 2 heterocycles. The lowest BCUT2D eigenvalue weighted by atomic mass is 9.80. The molecule has 0 aromatic heterocycles. The number of rotatable bonds is 9. The highest BCUT2D eigenvalue weighted by Crippen LogP contribution is 2.32. The number of ether oxygens (including phenoxy) is 2. The lowest BCUT2D eigenvalue weighted by molar-refractivity contribution is -0.158. The smallest absolute Gasteiger partial charge is 0.407 e. The number of hydrogen-bond acceptors (Lipinski definition) is 6. The van der Waals surface area contributed by atoms with E-state index in [1.165, 1.54) is 4.90 Å². The van der Waals surface area contributed by atoms with Crippen LogP contribution in [0.25, 0.3) is 0 Å². The number of fused-ring (bicyclic) bond motifs is 1. The SMILES string of the molecule is CC(C)(C)OC(=O)N[C@H]1CCCC[C@@H]1Cc1ccc2c(c1)CN(C1CCC(=O)N(COCC[Si](C)(C)C)C1=O)C2=O. The van der Waals surface area contributed by atoms with Crippen LogP contribution in [0.2, 0.25) is 25.7 Å². The maximum absolute atomic E-state index is 13.4. The van der Waals surface area contributed by atoms with Crippen molar-refractivity contribution in [1.82, 2.24) is 15.1 Å². The quantitative estimate of drug-likeness (QED) is 0.246. The fourth-order valence-electron chi connectivity index (χ4n) is 5.96. The van der Waals surface area contributed by atoms with E-state index in [4.69, 9.17) is 9.47 Å². The van der Waals surface area contributed by atoms with Gasteiger partial charge in [-0.3, -0.25) is 19.3 Å². The third-order valence-corrected chi connectivity index (χ3v) is 9.89. The lowest BCUT2D eigenvalue weighted by Crippen LogP contribution is -2.55. The second kappa shape index (κ2) is 12.6. The van der Waals surface area contributed by atoms with Crippen molar-refractivity contribution in [2.45, 2.75) is 116 Å². The first-order chi connectivity index (χ1) is 19.2. The summed E-state index contributed by atoms with van der Waals surface area (Å²) in [7, 11) is -1.29. The average Bonchev–Trinajstić information content (AvgIpc) is 3.18. The van der Waals surface area contributed by atoms with E-state index in [9.17, 15) is 19.2 Å². The zero-order valence-electron chi connectivity index (χ0n) is 25.6. The zero-order chi connectivity index (χ0) is 29.9. The van der Waals surface area contributed by atoms with Gasteiger partial charge >= 0.3 is 6.09 Å². The van der Waals surface area contributed by atoms with E-state index in [-0.39, 0.29) is 48.9 Å². The number of benzene rings is 1. The summed E-state index contributed by atoms with van der Waals surface area (Å²) < 4.78 is 11.2. The molecule has 4 amide bonds. The van der Waals surface area contributed by atoms with Crippen LogP contribution >= 0.6 is 0 Å². The van der Waals surface area contributed by atoms with E-state index in [1.807, 2.05) is 32.9 Å². The lowest BCUT2D eigenvalue weighted by Gasteiger charge is -2.35. The number of carbonyl (C=O) groups is 4. The molecular formula is C31H47N3O6Si.